The molecular formula is C29H34N3O5P. The lowest BCUT2D eigenvalue weighted by molar-refractivity contribution is -0.0190. The lowest BCUT2D eigenvalue weighted by atomic mass is 9.83. The molecule has 0 spiro atoms. The number of hydrogen-bond acceptors (Lipinski definition) is 6. The lowest BCUT2D eigenvalue weighted by Crippen LogP contribution is -2.33. The third kappa shape index (κ3) is 4.80. The van der Waals surface area contributed by atoms with E-state index >= 15 is 0 Å². The molecule has 6 rings (SSSR count). The lowest BCUT2D eigenvalue weighted by Gasteiger charge is -2.27. The van der Waals surface area contributed by atoms with Crippen LogP contribution in [0.3, 0.4) is 0 Å². The molecule has 8 nitrogen and oxygen atoms in total. The summed E-state index contributed by atoms with van der Waals surface area (Å²) in [5, 5.41) is 0. The summed E-state index contributed by atoms with van der Waals surface area (Å²) in [7, 11) is -1.28. The van der Waals surface area contributed by atoms with E-state index in [0.717, 1.165) is 25.8 Å². The van der Waals surface area contributed by atoms with Gasteiger partial charge >= 0.3 is 5.69 Å². The fraction of sp³-hybridized carbons (Fsp3) is 0.448. The van der Waals surface area contributed by atoms with Gasteiger partial charge in [0.1, 0.15) is 6.23 Å². The number of aromatic amines is 1. The second-order valence-corrected chi connectivity index (χ2v) is 11.8. The van der Waals surface area contributed by atoms with E-state index in [9.17, 15) is 9.59 Å². The fourth-order valence-electron chi connectivity index (χ4n) is 6.07. The molecule has 200 valence electrons. The van der Waals surface area contributed by atoms with E-state index < -0.39 is 20.4 Å². The fourth-order valence-corrected chi connectivity index (χ4v) is 8.08. The van der Waals surface area contributed by atoms with E-state index in [4.69, 9.17) is 13.8 Å². The number of nitrogens with one attached hydrogen (secondary N) is 1. The number of rotatable bonds is 7. The van der Waals surface area contributed by atoms with Crippen LogP contribution >= 0.6 is 8.53 Å². The number of benzene rings is 2. The van der Waals surface area contributed by atoms with Crippen LogP contribution in [0.25, 0.3) is 0 Å². The van der Waals surface area contributed by atoms with Crippen LogP contribution in [-0.2, 0) is 13.8 Å². The maximum atomic E-state index is 12.5. The monoisotopic (exact) mass is 535 g/mol. The molecule has 3 saturated heterocycles. The van der Waals surface area contributed by atoms with Crippen molar-refractivity contribution in [2.45, 2.75) is 76.0 Å². The molecule has 3 aromatic rings. The van der Waals surface area contributed by atoms with Crippen molar-refractivity contribution in [1.29, 1.82) is 0 Å². The maximum Gasteiger partial charge on any atom is 0.330 e. The van der Waals surface area contributed by atoms with Gasteiger partial charge in [0.2, 0.25) is 0 Å². The minimum absolute atomic E-state index is 0.0175. The number of aromatic nitrogens is 2. The van der Waals surface area contributed by atoms with Gasteiger partial charge in [-0.15, -0.1) is 0 Å². The molecule has 0 saturated carbocycles. The zero-order chi connectivity index (χ0) is 26.2. The molecule has 1 aromatic heterocycles. The molecule has 4 heterocycles. The van der Waals surface area contributed by atoms with Gasteiger partial charge in [0.25, 0.3) is 14.1 Å². The van der Waals surface area contributed by atoms with Gasteiger partial charge in [0, 0.05) is 36.7 Å². The van der Waals surface area contributed by atoms with E-state index in [1.165, 1.54) is 15.7 Å². The Balaban J connectivity index is 1.25. The van der Waals surface area contributed by atoms with Gasteiger partial charge in [-0.2, -0.15) is 0 Å². The first-order valence-electron chi connectivity index (χ1n) is 13.5. The molecule has 3 aliphatic rings. The largest absolute Gasteiger partial charge is 0.352 e. The second kappa shape index (κ2) is 10.9. The highest BCUT2D eigenvalue weighted by molar-refractivity contribution is 7.45. The number of aryl methyl sites for hydroxylation is 1. The predicted octanol–water partition coefficient (Wildman–Crippen LogP) is 4.85. The van der Waals surface area contributed by atoms with Crippen LogP contribution in [0, 0.1) is 6.92 Å². The van der Waals surface area contributed by atoms with Crippen LogP contribution in [-0.4, -0.2) is 45.1 Å². The molecule has 0 amide bonds. The van der Waals surface area contributed by atoms with Crippen molar-refractivity contribution >= 4 is 8.53 Å². The van der Waals surface area contributed by atoms with Crippen LogP contribution in [0.4, 0.5) is 0 Å². The third-order valence-electron chi connectivity index (χ3n) is 7.98. The topological polar surface area (TPSA) is 85.8 Å². The third-order valence-corrected chi connectivity index (χ3v) is 9.77. The van der Waals surface area contributed by atoms with Crippen molar-refractivity contribution in [2.75, 3.05) is 6.54 Å². The minimum Gasteiger partial charge on any atom is -0.352 e. The highest BCUT2D eigenvalue weighted by Gasteiger charge is 2.52. The number of H-pyrrole nitrogens is 1. The number of nitrogens with zero attached hydrogens (tertiary/aromatic N) is 2. The van der Waals surface area contributed by atoms with Gasteiger partial charge in [-0.3, -0.25) is 14.3 Å². The first-order valence-corrected chi connectivity index (χ1v) is 14.6. The summed E-state index contributed by atoms with van der Waals surface area (Å²) in [4.78, 5) is 26.8. The van der Waals surface area contributed by atoms with Gasteiger partial charge < -0.3 is 13.8 Å². The Morgan fingerprint density at radius 2 is 1.76 bits per heavy atom. The van der Waals surface area contributed by atoms with Gasteiger partial charge in [-0.1, -0.05) is 67.6 Å². The zero-order valence-electron chi connectivity index (χ0n) is 21.7. The van der Waals surface area contributed by atoms with Crippen LogP contribution in [0.2, 0.25) is 0 Å². The SMILES string of the molecule is CC[C@H]1O[C@@H](n2cc(C)c(=O)[nH]c2=O)C[C@H]1O[P@]1O[C@@H](C(c2ccccc2)c2ccccc2)[C@H]2CCCN21. The first-order chi connectivity index (χ1) is 18.5. The van der Waals surface area contributed by atoms with Crippen molar-refractivity contribution in [2.24, 2.45) is 0 Å². The van der Waals surface area contributed by atoms with Crippen LogP contribution in [0.5, 0.6) is 0 Å². The summed E-state index contributed by atoms with van der Waals surface area (Å²) in [6.45, 7) is 4.71. The normalized spacial score (nSPS) is 29.2. The molecule has 9 heteroatoms. The highest BCUT2D eigenvalue weighted by Crippen LogP contribution is 2.60. The van der Waals surface area contributed by atoms with Crippen molar-refractivity contribution in [3.8, 4) is 0 Å². The van der Waals surface area contributed by atoms with E-state index in [2.05, 4.69) is 77.2 Å². The standard InChI is InChI=1S/C29H34N3O5P/c1-3-23-24(17-25(35-23)31-18-19(2)28(33)30-29(31)34)36-38-32-16-10-15-22(32)27(37-38)26(20-11-6-4-7-12-20)21-13-8-5-9-14-21/h4-9,11-14,18,22-27H,3,10,15-17H2,1-2H3,(H,30,33,34)/t22-,23-,24-,25-,27-,38-/m1/s1. The van der Waals surface area contributed by atoms with Crippen molar-refractivity contribution in [3.05, 3.63) is 104 Å². The van der Waals surface area contributed by atoms with Crippen LogP contribution < -0.4 is 11.2 Å². The molecular weight excluding hydrogens is 501 g/mol. The Labute approximate surface area is 223 Å². The van der Waals surface area contributed by atoms with Gasteiger partial charge in [0.15, 0.2) is 0 Å². The molecule has 0 unspecified atom stereocenters. The number of fused-ring (bicyclic) bond motifs is 1. The second-order valence-electron chi connectivity index (χ2n) is 10.4. The summed E-state index contributed by atoms with van der Waals surface area (Å²) in [5.41, 5.74) is 2.14. The molecule has 1 N–H and O–H groups in total. The zero-order valence-corrected chi connectivity index (χ0v) is 22.6. The molecule has 6 atom stereocenters. The Morgan fingerprint density at radius 3 is 2.42 bits per heavy atom. The average molecular weight is 536 g/mol. The molecule has 3 aliphatic heterocycles. The van der Waals surface area contributed by atoms with Crippen molar-refractivity contribution in [3.63, 3.8) is 0 Å². The van der Waals surface area contributed by atoms with Gasteiger partial charge in [0.05, 0.1) is 18.3 Å². The summed E-state index contributed by atoms with van der Waals surface area (Å²) < 4.78 is 23.8. The predicted molar refractivity (Wildman–Crippen MR) is 146 cm³/mol. The molecule has 0 radical (unpaired) electrons. The molecule has 3 fully saturated rings. The average Bonchev–Trinajstić information content (AvgIpc) is 3.65. The van der Waals surface area contributed by atoms with Crippen LogP contribution in [0.1, 0.15) is 61.4 Å². The summed E-state index contributed by atoms with van der Waals surface area (Å²) in [6.07, 6.45) is 4.18. The minimum atomic E-state index is -1.28. The van der Waals surface area contributed by atoms with E-state index in [1.54, 1.807) is 13.1 Å². The van der Waals surface area contributed by atoms with E-state index in [0.29, 0.717) is 12.0 Å². The van der Waals surface area contributed by atoms with Crippen LogP contribution in [0.15, 0.2) is 76.4 Å². The van der Waals surface area contributed by atoms with E-state index in [1.807, 2.05) is 0 Å². The summed E-state index contributed by atoms with van der Waals surface area (Å²) >= 11 is 0. The van der Waals surface area contributed by atoms with Crippen molar-refractivity contribution in [1.82, 2.24) is 14.2 Å². The smallest absolute Gasteiger partial charge is 0.330 e. The van der Waals surface area contributed by atoms with Gasteiger partial charge in [-0.05, 0) is 37.3 Å². The molecule has 38 heavy (non-hydrogen) atoms. The Kier molecular flexibility index (Phi) is 7.34. The Hall–Kier alpha value is -2.61. The highest BCUT2D eigenvalue weighted by atomic mass is 31.2. The molecule has 2 aromatic carbocycles. The quantitative estimate of drug-likeness (QED) is 0.436. The molecule has 0 aliphatic carbocycles. The first kappa shape index (κ1) is 25.7. The van der Waals surface area contributed by atoms with Gasteiger partial charge in [-0.25, -0.2) is 9.46 Å². The Bertz CT molecular complexity index is 1320. The van der Waals surface area contributed by atoms with Crippen molar-refractivity contribution < 1.29 is 13.8 Å². The summed E-state index contributed by atoms with van der Waals surface area (Å²) in [5.74, 6) is 0.108. The summed E-state index contributed by atoms with van der Waals surface area (Å²) in [6, 6.07) is 21.5. The maximum absolute atomic E-state index is 12.5. The Morgan fingerprint density at radius 1 is 1.08 bits per heavy atom. The van der Waals surface area contributed by atoms with E-state index in [-0.39, 0.29) is 35.8 Å². The molecule has 0 bridgehead atoms. The number of hydrogen-bond donors (Lipinski definition) is 1. The number of ether oxygens (including phenoxy) is 1.